The van der Waals surface area contributed by atoms with Gasteiger partial charge in [-0.3, -0.25) is 9.78 Å². The van der Waals surface area contributed by atoms with E-state index >= 15 is 0 Å². The molecule has 0 aliphatic heterocycles. The fourth-order valence-corrected chi connectivity index (χ4v) is 3.32. The molecule has 1 amide bonds. The third-order valence-electron chi connectivity index (χ3n) is 3.65. The monoisotopic (exact) mass is 377 g/mol. The van der Waals surface area contributed by atoms with Crippen LogP contribution in [0.5, 0.6) is 5.75 Å². The lowest BCUT2D eigenvalue weighted by atomic mass is 10.1. The van der Waals surface area contributed by atoms with E-state index in [4.69, 9.17) is 4.74 Å². The summed E-state index contributed by atoms with van der Waals surface area (Å²) < 4.78 is 32.2. The fourth-order valence-electron chi connectivity index (χ4n) is 2.29. The molecule has 2 rings (SSSR count). The molecule has 0 bridgehead atoms. The van der Waals surface area contributed by atoms with Crippen molar-refractivity contribution < 1.29 is 17.9 Å². The van der Waals surface area contributed by atoms with Crippen molar-refractivity contribution in [3.05, 3.63) is 54.4 Å². The molecule has 0 saturated carbocycles. The Balaban J connectivity index is 1.83. The van der Waals surface area contributed by atoms with Crippen LogP contribution in [0.2, 0.25) is 0 Å². The highest BCUT2D eigenvalue weighted by molar-refractivity contribution is 7.89. The Morgan fingerprint density at radius 1 is 1.23 bits per heavy atom. The molecule has 140 valence electrons. The van der Waals surface area contributed by atoms with Crippen molar-refractivity contribution in [3.8, 4) is 5.75 Å². The molecule has 2 N–H and O–H groups in total. The number of nitrogens with one attached hydrogen (secondary N) is 2. The SMILES string of the molecule is CCOc1ccc(S(=O)(=O)NCCC(=O)NC(C)c2cccnc2)cc1. The van der Waals surface area contributed by atoms with Gasteiger partial charge in [0.1, 0.15) is 5.75 Å². The summed E-state index contributed by atoms with van der Waals surface area (Å²) in [6, 6.07) is 9.60. The summed E-state index contributed by atoms with van der Waals surface area (Å²) >= 11 is 0. The van der Waals surface area contributed by atoms with Crippen LogP contribution in [-0.4, -0.2) is 32.5 Å². The first-order valence-corrected chi connectivity index (χ1v) is 9.82. The van der Waals surface area contributed by atoms with E-state index < -0.39 is 10.0 Å². The van der Waals surface area contributed by atoms with Gasteiger partial charge in [0.2, 0.25) is 15.9 Å². The summed E-state index contributed by atoms with van der Waals surface area (Å²) in [7, 11) is -3.66. The van der Waals surface area contributed by atoms with E-state index in [0.29, 0.717) is 12.4 Å². The molecule has 1 unspecified atom stereocenters. The second-order valence-electron chi connectivity index (χ2n) is 5.63. The van der Waals surface area contributed by atoms with E-state index in [0.717, 1.165) is 5.56 Å². The predicted octanol–water partition coefficient (Wildman–Crippen LogP) is 2.03. The van der Waals surface area contributed by atoms with Crippen molar-refractivity contribution in [1.82, 2.24) is 15.0 Å². The number of carbonyl (C=O) groups is 1. The van der Waals surface area contributed by atoms with E-state index in [1.54, 1.807) is 30.6 Å². The van der Waals surface area contributed by atoms with Gasteiger partial charge in [0.15, 0.2) is 0 Å². The van der Waals surface area contributed by atoms with Crippen LogP contribution >= 0.6 is 0 Å². The van der Waals surface area contributed by atoms with Crippen molar-refractivity contribution in [2.45, 2.75) is 31.2 Å². The van der Waals surface area contributed by atoms with Gasteiger partial charge in [-0.15, -0.1) is 0 Å². The van der Waals surface area contributed by atoms with Crippen LogP contribution in [0.15, 0.2) is 53.7 Å². The van der Waals surface area contributed by atoms with Crippen molar-refractivity contribution in [2.75, 3.05) is 13.2 Å². The fraction of sp³-hybridized carbons (Fsp3) is 0.333. The van der Waals surface area contributed by atoms with Crippen LogP contribution in [0.4, 0.5) is 0 Å². The minimum atomic E-state index is -3.66. The molecule has 8 heteroatoms. The maximum atomic E-state index is 12.2. The predicted molar refractivity (Wildman–Crippen MR) is 98.2 cm³/mol. The highest BCUT2D eigenvalue weighted by Crippen LogP contribution is 2.16. The van der Waals surface area contributed by atoms with Crippen molar-refractivity contribution in [1.29, 1.82) is 0 Å². The summed E-state index contributed by atoms with van der Waals surface area (Å²) in [5, 5.41) is 2.81. The number of rotatable bonds is 9. The first kappa shape index (κ1) is 19.9. The molecular formula is C18H23N3O4S. The first-order valence-electron chi connectivity index (χ1n) is 8.34. The molecular weight excluding hydrogens is 354 g/mol. The average Bonchev–Trinajstić information content (AvgIpc) is 2.63. The van der Waals surface area contributed by atoms with E-state index in [1.165, 1.54) is 12.1 Å². The normalized spacial score (nSPS) is 12.4. The summed E-state index contributed by atoms with van der Waals surface area (Å²) in [6.45, 7) is 4.23. The van der Waals surface area contributed by atoms with Gasteiger partial charge in [0.25, 0.3) is 0 Å². The summed E-state index contributed by atoms with van der Waals surface area (Å²) in [5.74, 6) is 0.367. The molecule has 1 aromatic carbocycles. The number of ether oxygens (including phenoxy) is 1. The minimum Gasteiger partial charge on any atom is -0.494 e. The van der Waals surface area contributed by atoms with E-state index in [9.17, 15) is 13.2 Å². The number of sulfonamides is 1. The molecule has 0 fully saturated rings. The van der Waals surface area contributed by atoms with Crippen LogP contribution in [-0.2, 0) is 14.8 Å². The van der Waals surface area contributed by atoms with Crippen molar-refractivity contribution in [2.24, 2.45) is 0 Å². The van der Waals surface area contributed by atoms with Gasteiger partial charge in [-0.2, -0.15) is 0 Å². The molecule has 2 aromatic rings. The number of hydrogen-bond acceptors (Lipinski definition) is 5. The smallest absolute Gasteiger partial charge is 0.240 e. The third kappa shape index (κ3) is 5.82. The highest BCUT2D eigenvalue weighted by atomic mass is 32.2. The summed E-state index contributed by atoms with van der Waals surface area (Å²) in [5.41, 5.74) is 0.885. The van der Waals surface area contributed by atoms with Crippen LogP contribution < -0.4 is 14.8 Å². The largest absolute Gasteiger partial charge is 0.494 e. The Hall–Kier alpha value is -2.45. The number of aromatic nitrogens is 1. The summed E-state index contributed by atoms with van der Waals surface area (Å²) in [4.78, 5) is 16.1. The van der Waals surface area contributed by atoms with Crippen LogP contribution in [0, 0.1) is 0 Å². The van der Waals surface area contributed by atoms with Gasteiger partial charge in [-0.05, 0) is 49.7 Å². The maximum Gasteiger partial charge on any atom is 0.240 e. The molecule has 26 heavy (non-hydrogen) atoms. The van der Waals surface area contributed by atoms with E-state index in [2.05, 4.69) is 15.0 Å². The zero-order valence-corrected chi connectivity index (χ0v) is 15.6. The Bertz CT molecular complexity index is 808. The number of nitrogens with zero attached hydrogens (tertiary/aromatic N) is 1. The molecule has 7 nitrogen and oxygen atoms in total. The Labute approximate surface area is 153 Å². The average molecular weight is 377 g/mol. The van der Waals surface area contributed by atoms with Gasteiger partial charge in [0, 0.05) is 25.4 Å². The quantitative estimate of drug-likeness (QED) is 0.697. The van der Waals surface area contributed by atoms with Crippen LogP contribution in [0.3, 0.4) is 0 Å². The Morgan fingerprint density at radius 3 is 2.58 bits per heavy atom. The Morgan fingerprint density at radius 2 is 1.96 bits per heavy atom. The van der Waals surface area contributed by atoms with Crippen molar-refractivity contribution >= 4 is 15.9 Å². The van der Waals surface area contributed by atoms with Crippen LogP contribution in [0.25, 0.3) is 0 Å². The topological polar surface area (TPSA) is 97.4 Å². The van der Waals surface area contributed by atoms with Crippen LogP contribution in [0.1, 0.15) is 31.9 Å². The molecule has 1 aromatic heterocycles. The number of pyridine rings is 1. The van der Waals surface area contributed by atoms with Gasteiger partial charge in [-0.25, -0.2) is 13.1 Å². The number of amides is 1. The van der Waals surface area contributed by atoms with Gasteiger partial charge in [0.05, 0.1) is 17.5 Å². The lowest BCUT2D eigenvalue weighted by Gasteiger charge is -2.14. The lowest BCUT2D eigenvalue weighted by molar-refractivity contribution is -0.121. The maximum absolute atomic E-state index is 12.2. The summed E-state index contributed by atoms with van der Waals surface area (Å²) in [6.07, 6.45) is 3.38. The van der Waals surface area contributed by atoms with E-state index in [1.807, 2.05) is 19.9 Å². The number of hydrogen-bond donors (Lipinski definition) is 2. The van der Waals surface area contributed by atoms with Gasteiger partial charge >= 0.3 is 0 Å². The number of benzene rings is 1. The Kier molecular flexibility index (Phi) is 7.11. The molecule has 0 aliphatic rings. The van der Waals surface area contributed by atoms with Gasteiger partial charge in [-0.1, -0.05) is 6.07 Å². The lowest BCUT2D eigenvalue weighted by Crippen LogP contribution is -2.32. The molecule has 1 atom stereocenters. The molecule has 0 aliphatic carbocycles. The molecule has 0 radical (unpaired) electrons. The first-order chi connectivity index (χ1) is 12.4. The van der Waals surface area contributed by atoms with Gasteiger partial charge < -0.3 is 10.1 Å². The zero-order chi connectivity index (χ0) is 19.0. The van der Waals surface area contributed by atoms with Crippen molar-refractivity contribution in [3.63, 3.8) is 0 Å². The zero-order valence-electron chi connectivity index (χ0n) is 14.8. The second-order valence-corrected chi connectivity index (χ2v) is 7.39. The third-order valence-corrected chi connectivity index (χ3v) is 5.13. The van der Waals surface area contributed by atoms with E-state index in [-0.39, 0.29) is 29.8 Å². The molecule has 0 spiro atoms. The molecule has 1 heterocycles. The highest BCUT2D eigenvalue weighted by Gasteiger charge is 2.15. The molecule has 0 saturated heterocycles. The number of carbonyl (C=O) groups excluding carboxylic acids is 1. The second kappa shape index (κ2) is 9.30. The minimum absolute atomic E-state index is 0.0150. The standard InChI is InChI=1S/C18H23N3O4S/c1-3-25-16-6-8-17(9-7-16)26(23,24)20-12-10-18(22)21-14(2)15-5-4-11-19-13-15/h4-9,11,13-14,20H,3,10,12H2,1-2H3,(H,21,22).